The van der Waals surface area contributed by atoms with Gasteiger partial charge in [0.1, 0.15) is 5.01 Å². The van der Waals surface area contributed by atoms with Crippen molar-refractivity contribution in [1.29, 1.82) is 0 Å². The molecule has 136 valence electrons. The second-order valence-electron chi connectivity index (χ2n) is 6.23. The van der Waals surface area contributed by atoms with Crippen LogP contribution >= 0.6 is 22.9 Å². The number of aromatic nitrogens is 4. The lowest BCUT2D eigenvalue weighted by molar-refractivity contribution is -0.115. The van der Waals surface area contributed by atoms with E-state index in [2.05, 4.69) is 20.6 Å². The number of anilines is 1. The Morgan fingerprint density at radius 2 is 1.93 bits per heavy atom. The lowest BCUT2D eigenvalue weighted by Crippen LogP contribution is -2.15. The molecule has 0 spiro atoms. The minimum atomic E-state index is -0.0773. The lowest BCUT2D eigenvalue weighted by atomic mass is 10.1. The number of nitrogens with zero attached hydrogens (tertiary/aromatic N) is 4. The van der Waals surface area contributed by atoms with Gasteiger partial charge in [-0.15, -0.1) is 10.2 Å². The Morgan fingerprint density at radius 3 is 2.67 bits per heavy atom. The highest BCUT2D eigenvalue weighted by Crippen LogP contribution is 2.29. The first kappa shape index (κ1) is 17.6. The summed E-state index contributed by atoms with van der Waals surface area (Å²) in [7, 11) is 0. The van der Waals surface area contributed by atoms with Crippen LogP contribution in [-0.2, 0) is 11.2 Å². The Labute approximate surface area is 164 Å². The molecule has 0 aliphatic rings. The van der Waals surface area contributed by atoms with Gasteiger partial charge in [-0.2, -0.15) is 9.61 Å². The van der Waals surface area contributed by atoms with Gasteiger partial charge in [0.2, 0.25) is 10.9 Å². The highest BCUT2D eigenvalue weighted by atomic mass is 35.5. The zero-order valence-corrected chi connectivity index (χ0v) is 16.3. The van der Waals surface area contributed by atoms with Crippen molar-refractivity contribution in [3.63, 3.8) is 0 Å². The van der Waals surface area contributed by atoms with Gasteiger partial charge < -0.3 is 5.32 Å². The molecule has 0 aliphatic heterocycles. The molecule has 0 bridgehead atoms. The summed E-state index contributed by atoms with van der Waals surface area (Å²) in [5, 5.41) is 17.1. The molecule has 1 N–H and O–H groups in total. The van der Waals surface area contributed by atoms with Crippen LogP contribution in [0.15, 0.2) is 42.5 Å². The van der Waals surface area contributed by atoms with E-state index < -0.39 is 0 Å². The summed E-state index contributed by atoms with van der Waals surface area (Å²) in [6, 6.07) is 13.2. The first-order valence-electron chi connectivity index (χ1n) is 8.34. The minimum Gasteiger partial charge on any atom is -0.326 e. The number of rotatable bonds is 4. The first-order chi connectivity index (χ1) is 13.0. The van der Waals surface area contributed by atoms with Crippen LogP contribution in [0, 0.1) is 13.8 Å². The Balaban J connectivity index is 1.56. The smallest absolute Gasteiger partial charge is 0.234 e. The van der Waals surface area contributed by atoms with E-state index in [1.807, 2.05) is 44.2 Å². The number of carbonyl (C=O) groups excluding carboxylic acids is 1. The average molecular weight is 398 g/mol. The predicted molar refractivity (Wildman–Crippen MR) is 107 cm³/mol. The molecule has 0 saturated heterocycles. The molecule has 2 aromatic heterocycles. The van der Waals surface area contributed by atoms with E-state index in [9.17, 15) is 4.79 Å². The van der Waals surface area contributed by atoms with Crippen molar-refractivity contribution in [1.82, 2.24) is 19.8 Å². The number of hydrogen-bond donors (Lipinski definition) is 1. The Hall–Kier alpha value is -2.77. The number of fused-ring (bicyclic) bond motifs is 1. The molecule has 2 heterocycles. The Kier molecular flexibility index (Phi) is 4.63. The monoisotopic (exact) mass is 397 g/mol. The molecule has 0 aliphatic carbocycles. The van der Waals surface area contributed by atoms with Crippen LogP contribution in [0.4, 0.5) is 5.69 Å². The topological polar surface area (TPSA) is 72.2 Å². The second-order valence-corrected chi connectivity index (χ2v) is 7.62. The van der Waals surface area contributed by atoms with E-state index in [-0.39, 0.29) is 12.3 Å². The van der Waals surface area contributed by atoms with Gasteiger partial charge in [-0.3, -0.25) is 4.79 Å². The fourth-order valence-electron chi connectivity index (χ4n) is 2.70. The molecule has 27 heavy (non-hydrogen) atoms. The van der Waals surface area contributed by atoms with Crippen LogP contribution in [0.2, 0.25) is 5.02 Å². The second kappa shape index (κ2) is 7.09. The van der Waals surface area contributed by atoms with Gasteiger partial charge >= 0.3 is 0 Å². The summed E-state index contributed by atoms with van der Waals surface area (Å²) in [6.45, 7) is 3.82. The van der Waals surface area contributed by atoms with Gasteiger partial charge in [-0.25, -0.2) is 0 Å². The molecule has 0 atom stereocenters. The third kappa shape index (κ3) is 3.70. The number of hydrogen-bond acceptors (Lipinski definition) is 5. The van der Waals surface area contributed by atoms with Gasteiger partial charge in [0.25, 0.3) is 0 Å². The minimum absolute atomic E-state index is 0.0773. The molecule has 4 rings (SSSR count). The maximum Gasteiger partial charge on any atom is 0.234 e. The molecule has 0 saturated carbocycles. The summed E-state index contributed by atoms with van der Waals surface area (Å²) in [5.74, 6) is 0.669. The van der Waals surface area contributed by atoms with Crippen LogP contribution in [-0.4, -0.2) is 25.7 Å². The van der Waals surface area contributed by atoms with Crippen LogP contribution in [0.5, 0.6) is 0 Å². The number of halogens is 1. The van der Waals surface area contributed by atoms with E-state index in [1.54, 1.807) is 16.6 Å². The van der Waals surface area contributed by atoms with Crippen LogP contribution in [0.1, 0.15) is 17.0 Å². The van der Waals surface area contributed by atoms with Crippen molar-refractivity contribution in [2.24, 2.45) is 0 Å². The van der Waals surface area contributed by atoms with Gasteiger partial charge in [0.05, 0.1) is 6.42 Å². The molecule has 0 unspecified atom stereocenters. The molecule has 6 nitrogen and oxygen atoms in total. The van der Waals surface area contributed by atoms with Crippen molar-refractivity contribution < 1.29 is 4.79 Å². The van der Waals surface area contributed by atoms with E-state index in [4.69, 9.17) is 11.6 Å². The fourth-order valence-corrected chi connectivity index (χ4v) is 3.71. The van der Waals surface area contributed by atoms with Crippen LogP contribution in [0.25, 0.3) is 15.5 Å². The molecule has 0 radical (unpaired) electrons. The molecular weight excluding hydrogens is 382 g/mol. The normalized spacial score (nSPS) is 11.1. The maximum absolute atomic E-state index is 12.4. The van der Waals surface area contributed by atoms with Gasteiger partial charge in [-0.05, 0) is 43.2 Å². The molecule has 8 heteroatoms. The molecular formula is C19H16ClN5OS. The van der Waals surface area contributed by atoms with Crippen molar-refractivity contribution in [2.75, 3.05) is 5.32 Å². The van der Waals surface area contributed by atoms with Gasteiger partial charge in [-0.1, -0.05) is 47.2 Å². The summed E-state index contributed by atoms with van der Waals surface area (Å²) < 4.78 is 1.72. The van der Waals surface area contributed by atoms with E-state index >= 15 is 0 Å². The summed E-state index contributed by atoms with van der Waals surface area (Å²) in [4.78, 5) is 13.2. The number of amides is 1. The predicted octanol–water partition coefficient (Wildman–Crippen LogP) is 4.30. The van der Waals surface area contributed by atoms with Crippen molar-refractivity contribution in [3.8, 4) is 10.6 Å². The molecule has 2 aromatic carbocycles. The molecule has 4 aromatic rings. The number of aryl methyl sites for hydroxylation is 2. The summed E-state index contributed by atoms with van der Waals surface area (Å²) in [5.41, 5.74) is 3.60. The number of carbonyl (C=O) groups is 1. The fraction of sp³-hybridized carbons (Fsp3) is 0.158. The average Bonchev–Trinajstić information content (AvgIpc) is 3.21. The van der Waals surface area contributed by atoms with Gasteiger partial charge in [0.15, 0.2) is 5.82 Å². The van der Waals surface area contributed by atoms with Gasteiger partial charge in [0, 0.05) is 16.3 Å². The first-order valence-corrected chi connectivity index (χ1v) is 9.53. The number of benzene rings is 2. The van der Waals surface area contributed by atoms with Crippen molar-refractivity contribution in [2.45, 2.75) is 20.3 Å². The summed E-state index contributed by atoms with van der Waals surface area (Å²) in [6.07, 6.45) is 0.288. The zero-order chi connectivity index (χ0) is 19.0. The maximum atomic E-state index is 12.4. The van der Waals surface area contributed by atoms with Crippen LogP contribution in [0.3, 0.4) is 0 Å². The Bertz CT molecular complexity index is 1130. The zero-order valence-electron chi connectivity index (χ0n) is 14.7. The SMILES string of the molecule is Cc1ccc(-c2nn3c(C)nnc3s2)cc1NC(=O)Cc1ccc(Cl)cc1. The lowest BCUT2D eigenvalue weighted by Gasteiger charge is -2.10. The Morgan fingerprint density at radius 1 is 1.15 bits per heavy atom. The third-order valence-electron chi connectivity index (χ3n) is 4.18. The summed E-state index contributed by atoms with van der Waals surface area (Å²) >= 11 is 7.35. The highest BCUT2D eigenvalue weighted by molar-refractivity contribution is 7.19. The van der Waals surface area contributed by atoms with E-state index in [0.29, 0.717) is 5.02 Å². The molecule has 0 fully saturated rings. The molecule has 1 amide bonds. The number of nitrogens with one attached hydrogen (secondary N) is 1. The largest absolute Gasteiger partial charge is 0.326 e. The van der Waals surface area contributed by atoms with E-state index in [1.165, 1.54) is 11.3 Å². The quantitative estimate of drug-likeness (QED) is 0.557. The van der Waals surface area contributed by atoms with Crippen LogP contribution < -0.4 is 5.32 Å². The van der Waals surface area contributed by atoms with E-state index in [0.717, 1.165) is 38.2 Å². The highest BCUT2D eigenvalue weighted by Gasteiger charge is 2.13. The van der Waals surface area contributed by atoms with Crippen molar-refractivity contribution >= 4 is 39.5 Å². The van der Waals surface area contributed by atoms with Crippen molar-refractivity contribution in [3.05, 3.63) is 64.4 Å². The standard InChI is InChI=1S/C19H16ClN5OS/c1-11-3-6-14(18-24-25-12(2)22-23-19(25)27-18)10-16(11)21-17(26)9-13-4-7-15(20)8-5-13/h3-8,10H,9H2,1-2H3,(H,21,26). The third-order valence-corrected chi connectivity index (χ3v) is 5.38.